The van der Waals surface area contributed by atoms with E-state index in [0.29, 0.717) is 17.4 Å². The lowest BCUT2D eigenvalue weighted by Gasteiger charge is -2.48. The molecule has 0 radical (unpaired) electrons. The lowest BCUT2D eigenvalue weighted by atomic mass is 9.78. The van der Waals surface area contributed by atoms with Gasteiger partial charge >= 0.3 is 6.09 Å². The first kappa shape index (κ1) is 21.5. The highest BCUT2D eigenvalue weighted by Crippen LogP contribution is 2.48. The lowest BCUT2D eigenvalue weighted by Crippen LogP contribution is -2.58. The van der Waals surface area contributed by atoms with Gasteiger partial charge in [-0.25, -0.2) is 9.78 Å². The van der Waals surface area contributed by atoms with Crippen LogP contribution >= 0.6 is 0 Å². The molecule has 172 valence electrons. The van der Waals surface area contributed by atoms with Crippen LogP contribution in [0.15, 0.2) is 41.1 Å². The van der Waals surface area contributed by atoms with Crippen molar-refractivity contribution in [3.8, 4) is 11.5 Å². The number of piperidine rings is 1. The molecule has 1 aromatic carbocycles. The number of amides is 1. The first-order chi connectivity index (χ1) is 15.3. The molecule has 2 aliphatic heterocycles. The third-order valence-corrected chi connectivity index (χ3v) is 7.49. The Labute approximate surface area is 190 Å². The molecule has 6 nitrogen and oxygen atoms in total. The number of hydrogen-bond donors (Lipinski definition) is 0. The van der Waals surface area contributed by atoms with Gasteiger partial charge in [-0.15, -0.1) is 0 Å². The Morgan fingerprint density at radius 2 is 1.91 bits per heavy atom. The Morgan fingerprint density at radius 3 is 2.59 bits per heavy atom. The molecule has 1 saturated carbocycles. The van der Waals surface area contributed by atoms with Gasteiger partial charge in [0.25, 0.3) is 0 Å². The summed E-state index contributed by atoms with van der Waals surface area (Å²) in [4.78, 5) is 21.3. The minimum atomic E-state index is -0.423. The second-order valence-electron chi connectivity index (χ2n) is 11.0. The Balaban J connectivity index is 1.15. The van der Waals surface area contributed by atoms with Gasteiger partial charge in [-0.1, -0.05) is 18.2 Å². The number of carbonyl (C=O) groups is 1. The van der Waals surface area contributed by atoms with E-state index < -0.39 is 5.60 Å². The number of aromatic nitrogens is 1. The predicted octanol–water partition coefficient (Wildman–Crippen LogP) is 5.31. The molecule has 3 aliphatic rings. The largest absolute Gasteiger partial charge is 0.445 e. The van der Waals surface area contributed by atoms with Gasteiger partial charge in [-0.2, -0.15) is 0 Å². The summed E-state index contributed by atoms with van der Waals surface area (Å²) < 4.78 is 11.1. The maximum absolute atomic E-state index is 12.3. The van der Waals surface area contributed by atoms with Crippen LogP contribution < -0.4 is 0 Å². The Kier molecular flexibility index (Phi) is 5.52. The molecule has 32 heavy (non-hydrogen) atoms. The maximum Gasteiger partial charge on any atom is 0.410 e. The van der Waals surface area contributed by atoms with E-state index in [4.69, 9.17) is 9.15 Å². The van der Waals surface area contributed by atoms with E-state index in [0.717, 1.165) is 37.6 Å². The van der Waals surface area contributed by atoms with Crippen LogP contribution in [0.3, 0.4) is 0 Å². The number of likely N-dealkylation sites (tertiary alicyclic amines) is 2. The fourth-order valence-corrected chi connectivity index (χ4v) is 5.97. The van der Waals surface area contributed by atoms with Gasteiger partial charge < -0.3 is 19.0 Å². The first-order valence-electron chi connectivity index (χ1n) is 12.0. The van der Waals surface area contributed by atoms with Gasteiger partial charge in [0.05, 0.1) is 6.20 Å². The summed E-state index contributed by atoms with van der Waals surface area (Å²) in [5.74, 6) is 1.27. The van der Waals surface area contributed by atoms with Crippen molar-refractivity contribution in [1.82, 2.24) is 14.8 Å². The number of carbonyl (C=O) groups excluding carboxylic acids is 1. The smallest absolute Gasteiger partial charge is 0.410 e. The molecule has 2 saturated heterocycles. The molecule has 1 amide bonds. The van der Waals surface area contributed by atoms with Crippen LogP contribution in [0.4, 0.5) is 4.79 Å². The van der Waals surface area contributed by atoms with Gasteiger partial charge in [0, 0.05) is 30.1 Å². The van der Waals surface area contributed by atoms with Gasteiger partial charge in [0.1, 0.15) is 11.9 Å². The minimum Gasteiger partial charge on any atom is -0.445 e. The molecule has 0 unspecified atom stereocenters. The van der Waals surface area contributed by atoms with Crippen molar-refractivity contribution in [2.75, 3.05) is 26.2 Å². The van der Waals surface area contributed by atoms with E-state index in [1.165, 1.54) is 37.7 Å². The minimum absolute atomic E-state index is 0.155. The standard InChI is InChI=1S/C26H35N3O3/c1-25(2,3)32-24(30)29-17-26(18-29)11-8-20(16-26)28-13-9-19(10-14-28)21-6-4-5-7-22(21)23-27-12-15-31-23/h4-7,12,15,19-20H,8-11,13-14,16-18H2,1-3H3/t20-/m1/s1. The summed E-state index contributed by atoms with van der Waals surface area (Å²) in [5, 5.41) is 0. The highest BCUT2D eigenvalue weighted by molar-refractivity contribution is 5.69. The van der Waals surface area contributed by atoms with Crippen molar-refractivity contribution in [3.63, 3.8) is 0 Å². The topological polar surface area (TPSA) is 58.8 Å². The number of oxazole rings is 1. The SMILES string of the molecule is CC(C)(C)OC(=O)N1CC2(CC[C@@H](N3CCC(c4ccccc4-c4ncco4)CC3)C2)C1. The van der Waals surface area contributed by atoms with E-state index in [9.17, 15) is 4.79 Å². The Hall–Kier alpha value is -2.34. The number of nitrogens with zero attached hydrogens (tertiary/aromatic N) is 3. The summed E-state index contributed by atoms with van der Waals surface area (Å²) in [6.07, 6.45) is 9.24. The van der Waals surface area contributed by atoms with Crippen LogP contribution in [0.25, 0.3) is 11.5 Å². The second-order valence-corrected chi connectivity index (χ2v) is 11.0. The van der Waals surface area contributed by atoms with Crippen molar-refractivity contribution in [3.05, 3.63) is 42.3 Å². The average Bonchev–Trinajstić information content (AvgIpc) is 3.42. The molecule has 1 aliphatic carbocycles. The molecule has 3 heterocycles. The zero-order valence-corrected chi connectivity index (χ0v) is 19.5. The van der Waals surface area contributed by atoms with E-state index in [1.807, 2.05) is 25.7 Å². The van der Waals surface area contributed by atoms with Crippen molar-refractivity contribution >= 4 is 6.09 Å². The Bertz CT molecular complexity index is 935. The molecule has 2 aromatic rings. The highest BCUT2D eigenvalue weighted by atomic mass is 16.6. The first-order valence-corrected chi connectivity index (χ1v) is 12.0. The number of benzene rings is 1. The molecule has 1 atom stereocenters. The normalized spacial score (nSPS) is 24.0. The van der Waals surface area contributed by atoms with Crippen molar-refractivity contribution in [2.45, 2.75) is 70.4 Å². The quantitative estimate of drug-likeness (QED) is 0.651. The molecule has 3 fully saturated rings. The lowest BCUT2D eigenvalue weighted by molar-refractivity contribution is -0.0347. The van der Waals surface area contributed by atoms with E-state index in [-0.39, 0.29) is 6.09 Å². The molecule has 5 rings (SSSR count). The zero-order chi connectivity index (χ0) is 22.3. The predicted molar refractivity (Wildman–Crippen MR) is 123 cm³/mol. The monoisotopic (exact) mass is 437 g/mol. The fraction of sp³-hybridized carbons (Fsp3) is 0.615. The summed E-state index contributed by atoms with van der Waals surface area (Å²) in [6, 6.07) is 9.21. The highest BCUT2D eigenvalue weighted by Gasteiger charge is 2.51. The number of hydrogen-bond acceptors (Lipinski definition) is 5. The zero-order valence-electron chi connectivity index (χ0n) is 19.5. The van der Waals surface area contributed by atoms with Crippen LogP contribution in [-0.4, -0.2) is 58.7 Å². The molecule has 1 aromatic heterocycles. The van der Waals surface area contributed by atoms with Gasteiger partial charge in [-0.05, 0) is 83.5 Å². The molecule has 0 bridgehead atoms. The van der Waals surface area contributed by atoms with Crippen LogP contribution in [0.2, 0.25) is 0 Å². The molecular weight excluding hydrogens is 402 g/mol. The van der Waals surface area contributed by atoms with Crippen molar-refractivity contribution in [2.24, 2.45) is 5.41 Å². The van der Waals surface area contributed by atoms with Gasteiger partial charge in [-0.3, -0.25) is 0 Å². The third kappa shape index (κ3) is 4.29. The van der Waals surface area contributed by atoms with Gasteiger partial charge in [0.2, 0.25) is 5.89 Å². The van der Waals surface area contributed by atoms with Crippen LogP contribution in [0.1, 0.15) is 64.4 Å². The molecule has 1 spiro atoms. The number of rotatable bonds is 3. The van der Waals surface area contributed by atoms with E-state index in [2.05, 4.69) is 34.1 Å². The summed E-state index contributed by atoms with van der Waals surface area (Å²) >= 11 is 0. The van der Waals surface area contributed by atoms with Crippen LogP contribution in [0.5, 0.6) is 0 Å². The summed E-state index contributed by atoms with van der Waals surface area (Å²) in [6.45, 7) is 9.79. The van der Waals surface area contributed by atoms with E-state index >= 15 is 0 Å². The van der Waals surface area contributed by atoms with Crippen LogP contribution in [-0.2, 0) is 4.74 Å². The Morgan fingerprint density at radius 1 is 1.16 bits per heavy atom. The number of ether oxygens (including phenoxy) is 1. The van der Waals surface area contributed by atoms with Crippen molar-refractivity contribution < 1.29 is 13.9 Å². The van der Waals surface area contributed by atoms with Crippen molar-refractivity contribution in [1.29, 1.82) is 0 Å². The van der Waals surface area contributed by atoms with Crippen LogP contribution in [0, 0.1) is 5.41 Å². The molecular formula is C26H35N3O3. The molecule has 6 heteroatoms. The van der Waals surface area contributed by atoms with Gasteiger partial charge in [0.15, 0.2) is 0 Å². The average molecular weight is 438 g/mol. The molecule has 0 N–H and O–H groups in total. The van der Waals surface area contributed by atoms with E-state index in [1.54, 1.807) is 12.5 Å². The third-order valence-electron chi connectivity index (χ3n) is 7.49. The second kappa shape index (κ2) is 8.22. The summed E-state index contributed by atoms with van der Waals surface area (Å²) in [7, 11) is 0. The summed E-state index contributed by atoms with van der Waals surface area (Å²) in [5.41, 5.74) is 2.39. The maximum atomic E-state index is 12.3. The fourth-order valence-electron chi connectivity index (χ4n) is 5.97.